The average Bonchev–Trinajstić information content (AvgIpc) is 2.27. The van der Waals surface area contributed by atoms with Crippen molar-refractivity contribution in [2.24, 2.45) is 0 Å². The fourth-order valence-electron chi connectivity index (χ4n) is 1.55. The quantitative estimate of drug-likeness (QED) is 0.794. The maximum Gasteiger partial charge on any atom is 0.133 e. The molecule has 0 atom stereocenters. The summed E-state index contributed by atoms with van der Waals surface area (Å²) in [7, 11) is 0. The number of halogens is 1. The molecule has 16 heavy (non-hydrogen) atoms. The molecule has 0 unspecified atom stereocenters. The van der Waals surface area contributed by atoms with Gasteiger partial charge in [0.05, 0.1) is 4.47 Å². The van der Waals surface area contributed by atoms with Gasteiger partial charge in [0, 0.05) is 6.54 Å². The number of hydrogen-bond acceptors (Lipinski definition) is 2. The van der Waals surface area contributed by atoms with Gasteiger partial charge < -0.3 is 9.64 Å². The Morgan fingerprint density at radius 3 is 2.50 bits per heavy atom. The van der Waals surface area contributed by atoms with E-state index in [1.807, 2.05) is 6.07 Å². The van der Waals surface area contributed by atoms with Crippen LogP contribution < -0.4 is 4.74 Å². The van der Waals surface area contributed by atoms with Gasteiger partial charge >= 0.3 is 0 Å². The second kappa shape index (κ2) is 6.92. The molecule has 2 nitrogen and oxygen atoms in total. The van der Waals surface area contributed by atoms with Crippen molar-refractivity contribution in [1.82, 2.24) is 4.90 Å². The zero-order valence-electron chi connectivity index (χ0n) is 10.3. The number of hydrogen-bond donors (Lipinski definition) is 0. The van der Waals surface area contributed by atoms with Crippen LogP contribution in [0.5, 0.6) is 5.75 Å². The summed E-state index contributed by atoms with van der Waals surface area (Å²) in [6.07, 6.45) is 0. The van der Waals surface area contributed by atoms with Crippen molar-refractivity contribution >= 4 is 15.9 Å². The van der Waals surface area contributed by atoms with Gasteiger partial charge in [0.25, 0.3) is 0 Å². The minimum Gasteiger partial charge on any atom is -0.491 e. The highest BCUT2D eigenvalue weighted by Crippen LogP contribution is 2.25. The molecule has 1 aromatic carbocycles. The monoisotopic (exact) mass is 285 g/mol. The molecule has 0 spiro atoms. The molecule has 90 valence electrons. The van der Waals surface area contributed by atoms with Crippen LogP contribution >= 0.6 is 15.9 Å². The number of likely N-dealkylation sites (N-methyl/N-ethyl adjacent to an activating group) is 1. The minimum atomic E-state index is 0.739. The Balaban J connectivity index is 2.42. The van der Waals surface area contributed by atoms with Crippen LogP contribution in [-0.2, 0) is 0 Å². The highest BCUT2D eigenvalue weighted by atomic mass is 79.9. The Labute approximate surface area is 107 Å². The van der Waals surface area contributed by atoms with Gasteiger partial charge in [0.15, 0.2) is 0 Å². The lowest BCUT2D eigenvalue weighted by Gasteiger charge is -2.18. The van der Waals surface area contributed by atoms with E-state index in [0.29, 0.717) is 0 Å². The molecule has 1 aromatic rings. The van der Waals surface area contributed by atoms with E-state index < -0.39 is 0 Å². The molecule has 0 aliphatic carbocycles. The van der Waals surface area contributed by atoms with E-state index in [9.17, 15) is 0 Å². The summed E-state index contributed by atoms with van der Waals surface area (Å²) in [5.74, 6) is 0.928. The molecule has 0 amide bonds. The molecule has 0 saturated carbocycles. The molecule has 1 rings (SSSR count). The molecule has 0 aliphatic heterocycles. The number of ether oxygens (including phenoxy) is 1. The topological polar surface area (TPSA) is 12.5 Å². The zero-order valence-corrected chi connectivity index (χ0v) is 11.9. The van der Waals surface area contributed by atoms with Crippen molar-refractivity contribution in [3.05, 3.63) is 28.2 Å². The third-order valence-electron chi connectivity index (χ3n) is 2.65. The van der Waals surface area contributed by atoms with Crippen LogP contribution in [0.15, 0.2) is 22.7 Å². The van der Waals surface area contributed by atoms with Crippen LogP contribution in [0, 0.1) is 6.92 Å². The van der Waals surface area contributed by atoms with Crippen molar-refractivity contribution in [2.45, 2.75) is 20.8 Å². The molecule has 0 fully saturated rings. The number of rotatable bonds is 6. The van der Waals surface area contributed by atoms with Gasteiger partial charge in [-0.3, -0.25) is 0 Å². The highest BCUT2D eigenvalue weighted by Gasteiger charge is 2.02. The second-order valence-corrected chi connectivity index (χ2v) is 4.66. The van der Waals surface area contributed by atoms with E-state index in [-0.39, 0.29) is 0 Å². The summed E-state index contributed by atoms with van der Waals surface area (Å²) in [5.41, 5.74) is 1.24. The van der Waals surface area contributed by atoms with E-state index in [1.165, 1.54) is 5.56 Å². The highest BCUT2D eigenvalue weighted by molar-refractivity contribution is 9.10. The fourth-order valence-corrected chi connectivity index (χ4v) is 2.16. The lowest BCUT2D eigenvalue weighted by Crippen LogP contribution is -2.27. The molecule has 0 aromatic heterocycles. The summed E-state index contributed by atoms with van der Waals surface area (Å²) in [6.45, 7) is 10.3. The molecule has 0 heterocycles. The largest absolute Gasteiger partial charge is 0.491 e. The maximum absolute atomic E-state index is 5.74. The summed E-state index contributed by atoms with van der Waals surface area (Å²) < 4.78 is 6.77. The Hall–Kier alpha value is -0.540. The van der Waals surface area contributed by atoms with Gasteiger partial charge in [0.2, 0.25) is 0 Å². The zero-order chi connectivity index (χ0) is 12.0. The number of benzene rings is 1. The molecule has 0 N–H and O–H groups in total. The first-order valence-electron chi connectivity index (χ1n) is 5.78. The first kappa shape index (κ1) is 13.5. The van der Waals surface area contributed by atoms with Crippen molar-refractivity contribution in [3.8, 4) is 5.75 Å². The van der Waals surface area contributed by atoms with E-state index in [0.717, 1.165) is 36.5 Å². The Kier molecular flexibility index (Phi) is 5.85. The molecule has 0 aliphatic rings. The minimum absolute atomic E-state index is 0.739. The fraction of sp³-hybridized carbons (Fsp3) is 0.538. The smallest absolute Gasteiger partial charge is 0.133 e. The molecule has 0 saturated heterocycles. The standard InChI is InChI=1S/C13H20BrNO/c1-4-15(5-2)8-9-16-13-7-6-11(3)10-12(13)14/h6-7,10H,4-5,8-9H2,1-3H3. The van der Waals surface area contributed by atoms with E-state index in [2.05, 4.69) is 53.7 Å². The Bertz CT molecular complexity index is 324. The van der Waals surface area contributed by atoms with Gasteiger partial charge in [-0.2, -0.15) is 0 Å². The predicted octanol–water partition coefficient (Wildman–Crippen LogP) is 3.48. The predicted molar refractivity (Wildman–Crippen MR) is 72.2 cm³/mol. The van der Waals surface area contributed by atoms with Crippen molar-refractivity contribution in [3.63, 3.8) is 0 Å². The van der Waals surface area contributed by atoms with E-state index >= 15 is 0 Å². The Morgan fingerprint density at radius 2 is 1.94 bits per heavy atom. The molecule has 3 heteroatoms. The normalized spacial score (nSPS) is 10.8. The summed E-state index contributed by atoms with van der Waals surface area (Å²) >= 11 is 3.51. The SMILES string of the molecule is CCN(CC)CCOc1ccc(C)cc1Br. The summed E-state index contributed by atoms with van der Waals surface area (Å²) in [4.78, 5) is 2.35. The molecule has 0 radical (unpaired) electrons. The molecule has 0 bridgehead atoms. The van der Waals surface area contributed by atoms with Gasteiger partial charge in [-0.15, -0.1) is 0 Å². The summed E-state index contributed by atoms with van der Waals surface area (Å²) in [5, 5.41) is 0. The third kappa shape index (κ3) is 4.14. The van der Waals surface area contributed by atoms with E-state index in [4.69, 9.17) is 4.74 Å². The van der Waals surface area contributed by atoms with Crippen molar-refractivity contribution < 1.29 is 4.74 Å². The van der Waals surface area contributed by atoms with Gasteiger partial charge in [-0.1, -0.05) is 19.9 Å². The summed E-state index contributed by atoms with van der Waals surface area (Å²) in [6, 6.07) is 6.16. The lowest BCUT2D eigenvalue weighted by atomic mass is 10.2. The first-order chi connectivity index (χ1) is 7.67. The van der Waals surface area contributed by atoms with Crippen LogP contribution in [0.4, 0.5) is 0 Å². The van der Waals surface area contributed by atoms with Gasteiger partial charge in [0.1, 0.15) is 12.4 Å². The maximum atomic E-state index is 5.74. The van der Waals surface area contributed by atoms with Crippen LogP contribution in [0.25, 0.3) is 0 Å². The van der Waals surface area contributed by atoms with E-state index in [1.54, 1.807) is 0 Å². The third-order valence-corrected chi connectivity index (χ3v) is 3.27. The van der Waals surface area contributed by atoms with Crippen molar-refractivity contribution in [1.29, 1.82) is 0 Å². The van der Waals surface area contributed by atoms with Gasteiger partial charge in [-0.25, -0.2) is 0 Å². The molecular formula is C13H20BrNO. The first-order valence-corrected chi connectivity index (χ1v) is 6.58. The number of nitrogens with zero attached hydrogens (tertiary/aromatic N) is 1. The van der Waals surface area contributed by atoms with Crippen LogP contribution in [0.3, 0.4) is 0 Å². The van der Waals surface area contributed by atoms with Crippen molar-refractivity contribution in [2.75, 3.05) is 26.2 Å². The number of aryl methyl sites for hydroxylation is 1. The van der Waals surface area contributed by atoms with Crippen LogP contribution in [-0.4, -0.2) is 31.1 Å². The lowest BCUT2D eigenvalue weighted by molar-refractivity contribution is 0.222. The molecular weight excluding hydrogens is 266 g/mol. The average molecular weight is 286 g/mol. The van der Waals surface area contributed by atoms with Crippen LogP contribution in [0.2, 0.25) is 0 Å². The van der Waals surface area contributed by atoms with Gasteiger partial charge in [-0.05, 0) is 53.6 Å². The Morgan fingerprint density at radius 1 is 1.25 bits per heavy atom. The van der Waals surface area contributed by atoms with Crippen LogP contribution in [0.1, 0.15) is 19.4 Å². The second-order valence-electron chi connectivity index (χ2n) is 3.81.